The number of fused-ring (bicyclic) bond motifs is 1. The van der Waals surface area contributed by atoms with E-state index < -0.39 is 0 Å². The number of nitrogens with zero attached hydrogens (tertiary/aromatic N) is 1. The minimum Gasteiger partial charge on any atom is -0.397 e. The summed E-state index contributed by atoms with van der Waals surface area (Å²) < 4.78 is 2.32. The van der Waals surface area contributed by atoms with Gasteiger partial charge in [0, 0.05) is 14.3 Å². The van der Waals surface area contributed by atoms with Gasteiger partial charge in [-0.15, -0.1) is 11.3 Å². The molecule has 1 aromatic carbocycles. The van der Waals surface area contributed by atoms with Crippen molar-refractivity contribution in [1.82, 2.24) is 0 Å². The molecular weight excluding hydrogens is 307 g/mol. The molecule has 0 radical (unpaired) electrons. The van der Waals surface area contributed by atoms with Crippen LogP contribution in [0.3, 0.4) is 0 Å². The van der Waals surface area contributed by atoms with E-state index in [-0.39, 0.29) is 0 Å². The Kier molecular flexibility index (Phi) is 2.61. The van der Waals surface area contributed by atoms with Crippen LogP contribution in [0, 0.1) is 14.9 Å². The van der Waals surface area contributed by atoms with Crippen LogP contribution in [0.4, 0.5) is 5.69 Å². The number of benzene rings is 1. The van der Waals surface area contributed by atoms with Crippen molar-refractivity contribution in [2.24, 2.45) is 0 Å². The molecule has 0 fully saturated rings. The molecular formula is C10H7IN2S. The monoisotopic (exact) mass is 314 g/mol. The van der Waals surface area contributed by atoms with E-state index in [9.17, 15) is 0 Å². The molecule has 0 aliphatic carbocycles. The number of nitrogen functional groups attached to an aromatic ring is 1. The van der Waals surface area contributed by atoms with E-state index in [2.05, 4.69) is 34.0 Å². The first-order chi connectivity index (χ1) is 6.74. The smallest absolute Gasteiger partial charge is 0.0670 e. The first kappa shape index (κ1) is 9.74. The van der Waals surface area contributed by atoms with Gasteiger partial charge < -0.3 is 5.73 Å². The van der Waals surface area contributed by atoms with E-state index in [1.807, 2.05) is 12.1 Å². The lowest BCUT2D eigenvalue weighted by atomic mass is 10.1. The highest BCUT2D eigenvalue weighted by molar-refractivity contribution is 14.1. The summed E-state index contributed by atoms with van der Waals surface area (Å²) in [6.07, 6.45) is 0.385. The number of nitrogens with two attached hydrogens (primary N) is 1. The molecule has 0 bridgehead atoms. The van der Waals surface area contributed by atoms with Crippen LogP contribution in [0.1, 0.15) is 5.56 Å². The van der Waals surface area contributed by atoms with Crippen molar-refractivity contribution in [2.75, 3.05) is 5.73 Å². The highest BCUT2D eigenvalue weighted by atomic mass is 127. The van der Waals surface area contributed by atoms with Crippen LogP contribution >= 0.6 is 33.9 Å². The van der Waals surface area contributed by atoms with E-state index in [1.54, 1.807) is 11.3 Å². The minimum absolute atomic E-state index is 0.385. The molecule has 0 aliphatic rings. The number of anilines is 1. The van der Waals surface area contributed by atoms with Gasteiger partial charge in [-0.3, -0.25) is 0 Å². The Bertz CT molecular complexity index is 525. The summed E-state index contributed by atoms with van der Waals surface area (Å²) in [5.41, 5.74) is 7.66. The van der Waals surface area contributed by atoms with Crippen molar-refractivity contribution >= 4 is 49.7 Å². The van der Waals surface area contributed by atoms with Gasteiger partial charge in [0.1, 0.15) is 0 Å². The Morgan fingerprint density at radius 1 is 1.50 bits per heavy atom. The Morgan fingerprint density at radius 2 is 2.29 bits per heavy atom. The molecule has 4 heteroatoms. The lowest BCUT2D eigenvalue weighted by Crippen LogP contribution is -1.93. The van der Waals surface area contributed by atoms with E-state index >= 15 is 0 Å². The van der Waals surface area contributed by atoms with Crippen LogP contribution in [-0.2, 0) is 6.42 Å². The quantitative estimate of drug-likeness (QED) is 0.649. The second-order valence-electron chi connectivity index (χ2n) is 2.93. The van der Waals surface area contributed by atoms with Gasteiger partial charge in [-0.05, 0) is 28.2 Å². The van der Waals surface area contributed by atoms with Gasteiger partial charge in [-0.1, -0.05) is 12.1 Å². The molecule has 0 aliphatic heterocycles. The number of hydrogen-bond donors (Lipinski definition) is 1. The fourth-order valence-corrected chi connectivity index (χ4v) is 3.29. The number of halogens is 1. The van der Waals surface area contributed by atoms with Crippen molar-refractivity contribution in [1.29, 1.82) is 5.26 Å². The highest BCUT2D eigenvalue weighted by Crippen LogP contribution is 2.33. The lowest BCUT2D eigenvalue weighted by Gasteiger charge is -2.02. The van der Waals surface area contributed by atoms with Gasteiger partial charge in [0.2, 0.25) is 0 Å². The maximum absolute atomic E-state index is 8.62. The van der Waals surface area contributed by atoms with Crippen molar-refractivity contribution in [3.8, 4) is 6.07 Å². The third-order valence-corrected chi connectivity index (χ3v) is 4.44. The van der Waals surface area contributed by atoms with Crippen LogP contribution in [0.25, 0.3) is 10.1 Å². The topological polar surface area (TPSA) is 49.8 Å². The standard InChI is InChI=1S/C10H7IN2S/c11-8-5-14-10-7(8)2-1-6(3-4-12)9(10)13/h1-2,5H,3,13H2. The summed E-state index contributed by atoms with van der Waals surface area (Å²) in [7, 11) is 0. The zero-order chi connectivity index (χ0) is 10.1. The summed E-state index contributed by atoms with van der Waals surface area (Å²) in [6, 6.07) is 6.10. The van der Waals surface area contributed by atoms with Crippen LogP contribution in [0.15, 0.2) is 17.5 Å². The summed E-state index contributed by atoms with van der Waals surface area (Å²) in [6.45, 7) is 0. The van der Waals surface area contributed by atoms with Crippen molar-refractivity contribution < 1.29 is 0 Å². The molecule has 0 atom stereocenters. The Hall–Kier alpha value is -0.800. The Labute approximate surface area is 99.5 Å². The second-order valence-corrected chi connectivity index (χ2v) is 4.98. The molecule has 2 aromatic rings. The maximum atomic E-state index is 8.62. The fourth-order valence-electron chi connectivity index (χ4n) is 1.37. The molecule has 0 unspecified atom stereocenters. The van der Waals surface area contributed by atoms with E-state index in [4.69, 9.17) is 11.0 Å². The summed E-state index contributed by atoms with van der Waals surface area (Å²) in [4.78, 5) is 0. The molecule has 2 rings (SSSR count). The molecule has 2 N–H and O–H groups in total. The lowest BCUT2D eigenvalue weighted by molar-refractivity contribution is 1.28. The zero-order valence-corrected chi connectivity index (χ0v) is 10.2. The third-order valence-electron chi connectivity index (χ3n) is 2.09. The molecule has 0 saturated carbocycles. The first-order valence-electron chi connectivity index (χ1n) is 4.05. The second kappa shape index (κ2) is 3.75. The molecule has 70 valence electrons. The van der Waals surface area contributed by atoms with Crippen LogP contribution in [0.5, 0.6) is 0 Å². The Morgan fingerprint density at radius 3 is 3.00 bits per heavy atom. The Balaban J connectivity index is 2.71. The normalized spacial score (nSPS) is 10.3. The number of nitriles is 1. The van der Waals surface area contributed by atoms with Crippen molar-refractivity contribution in [3.05, 3.63) is 26.6 Å². The predicted octanol–water partition coefficient (Wildman–Crippen LogP) is 3.15. The molecule has 1 aromatic heterocycles. The van der Waals surface area contributed by atoms with Gasteiger partial charge in [0.25, 0.3) is 0 Å². The molecule has 14 heavy (non-hydrogen) atoms. The third kappa shape index (κ3) is 1.47. The zero-order valence-electron chi connectivity index (χ0n) is 7.25. The van der Waals surface area contributed by atoms with Gasteiger partial charge in [0.15, 0.2) is 0 Å². The predicted molar refractivity (Wildman–Crippen MR) is 68.3 cm³/mol. The molecule has 2 nitrogen and oxygen atoms in total. The van der Waals surface area contributed by atoms with Gasteiger partial charge in [-0.25, -0.2) is 0 Å². The van der Waals surface area contributed by atoms with Gasteiger partial charge in [0.05, 0.1) is 22.9 Å². The van der Waals surface area contributed by atoms with Crippen molar-refractivity contribution in [3.63, 3.8) is 0 Å². The average molecular weight is 314 g/mol. The minimum atomic E-state index is 0.385. The van der Waals surface area contributed by atoms with Crippen LogP contribution in [0.2, 0.25) is 0 Å². The van der Waals surface area contributed by atoms with Gasteiger partial charge >= 0.3 is 0 Å². The van der Waals surface area contributed by atoms with Gasteiger partial charge in [-0.2, -0.15) is 5.26 Å². The molecule has 1 heterocycles. The summed E-state index contributed by atoms with van der Waals surface area (Å²) in [5.74, 6) is 0. The SMILES string of the molecule is N#CCc1ccc2c(I)csc2c1N. The average Bonchev–Trinajstić information content (AvgIpc) is 2.54. The largest absolute Gasteiger partial charge is 0.397 e. The van der Waals surface area contributed by atoms with Crippen LogP contribution in [-0.4, -0.2) is 0 Å². The molecule has 0 spiro atoms. The first-order valence-corrected chi connectivity index (χ1v) is 6.01. The van der Waals surface area contributed by atoms with E-state index in [0.717, 1.165) is 16.0 Å². The fraction of sp³-hybridized carbons (Fsp3) is 0.100. The molecule has 0 saturated heterocycles. The molecule has 0 amide bonds. The van der Waals surface area contributed by atoms with E-state index in [1.165, 1.54) is 8.96 Å². The van der Waals surface area contributed by atoms with Crippen molar-refractivity contribution in [2.45, 2.75) is 6.42 Å². The van der Waals surface area contributed by atoms with E-state index in [0.29, 0.717) is 6.42 Å². The number of rotatable bonds is 1. The summed E-state index contributed by atoms with van der Waals surface area (Å²) in [5, 5.41) is 11.9. The highest BCUT2D eigenvalue weighted by Gasteiger charge is 2.07. The van der Waals surface area contributed by atoms with Crippen LogP contribution < -0.4 is 5.73 Å². The number of thiophene rings is 1. The number of hydrogen-bond acceptors (Lipinski definition) is 3. The maximum Gasteiger partial charge on any atom is 0.0670 e. The summed E-state index contributed by atoms with van der Waals surface area (Å²) >= 11 is 3.93.